The van der Waals surface area contributed by atoms with Crippen LogP contribution in [-0.4, -0.2) is 15.9 Å². The number of carbonyl (C=O) groups excluding carboxylic acids is 1. The Labute approximate surface area is 205 Å². The number of benzene rings is 1. The molecular formula is C30H42N2O2. The average Bonchev–Trinajstić information content (AvgIpc) is 2.89. The van der Waals surface area contributed by atoms with Crippen molar-refractivity contribution in [1.29, 1.82) is 0 Å². The van der Waals surface area contributed by atoms with Crippen LogP contribution in [0.15, 0.2) is 36.7 Å². The molecule has 0 radical (unpaired) electrons. The fourth-order valence-electron chi connectivity index (χ4n) is 5.94. The third-order valence-electron chi connectivity index (χ3n) is 8.16. The lowest BCUT2D eigenvalue weighted by Gasteiger charge is -2.28. The Morgan fingerprint density at radius 3 is 2.06 bits per heavy atom. The second-order valence-corrected chi connectivity index (χ2v) is 10.7. The van der Waals surface area contributed by atoms with E-state index in [0.717, 1.165) is 48.9 Å². The van der Waals surface area contributed by atoms with Gasteiger partial charge in [0.15, 0.2) is 5.82 Å². The number of unbranched alkanes of at least 4 members (excludes halogenated alkanes) is 1. The first kappa shape index (κ1) is 24.9. The lowest BCUT2D eigenvalue weighted by molar-refractivity contribution is -0.140. The number of hydrogen-bond acceptors (Lipinski definition) is 4. The SMILES string of the molecule is CCCCC1CCC(C(=O)Oc2ccc(-c3ncc([C@H]4CC[C@H](CCC)CC4)cn3)cc2)CC1. The fraction of sp³-hybridized carbons (Fsp3) is 0.633. The van der Waals surface area contributed by atoms with Gasteiger partial charge in [0, 0.05) is 18.0 Å². The Balaban J connectivity index is 1.27. The van der Waals surface area contributed by atoms with Crippen LogP contribution in [0.2, 0.25) is 0 Å². The van der Waals surface area contributed by atoms with Crippen molar-refractivity contribution in [2.45, 2.75) is 103 Å². The summed E-state index contributed by atoms with van der Waals surface area (Å²) in [4.78, 5) is 21.9. The van der Waals surface area contributed by atoms with E-state index in [9.17, 15) is 4.79 Å². The minimum atomic E-state index is -0.0732. The number of esters is 1. The fourth-order valence-corrected chi connectivity index (χ4v) is 5.94. The van der Waals surface area contributed by atoms with Gasteiger partial charge in [-0.1, -0.05) is 46.0 Å². The van der Waals surface area contributed by atoms with Crippen molar-refractivity contribution in [3.8, 4) is 17.1 Å². The molecule has 0 N–H and O–H groups in total. The molecular weight excluding hydrogens is 420 g/mol. The van der Waals surface area contributed by atoms with Crippen LogP contribution < -0.4 is 4.74 Å². The monoisotopic (exact) mass is 462 g/mol. The molecule has 184 valence electrons. The summed E-state index contributed by atoms with van der Waals surface area (Å²) >= 11 is 0. The van der Waals surface area contributed by atoms with E-state index in [1.807, 2.05) is 36.7 Å². The lowest BCUT2D eigenvalue weighted by atomic mass is 9.78. The molecule has 1 aromatic heterocycles. The van der Waals surface area contributed by atoms with Crippen molar-refractivity contribution in [3.63, 3.8) is 0 Å². The molecule has 0 spiro atoms. The van der Waals surface area contributed by atoms with Crippen LogP contribution >= 0.6 is 0 Å². The molecule has 0 unspecified atom stereocenters. The molecule has 2 aliphatic rings. The van der Waals surface area contributed by atoms with E-state index >= 15 is 0 Å². The zero-order valence-corrected chi connectivity index (χ0v) is 21.2. The summed E-state index contributed by atoms with van der Waals surface area (Å²) in [5.74, 6) is 3.63. The van der Waals surface area contributed by atoms with Gasteiger partial charge < -0.3 is 4.74 Å². The second-order valence-electron chi connectivity index (χ2n) is 10.7. The maximum atomic E-state index is 12.6. The Bertz CT molecular complexity index is 877. The van der Waals surface area contributed by atoms with E-state index in [1.165, 1.54) is 63.4 Å². The van der Waals surface area contributed by atoms with E-state index in [-0.39, 0.29) is 11.9 Å². The largest absolute Gasteiger partial charge is 0.426 e. The van der Waals surface area contributed by atoms with Crippen LogP contribution in [-0.2, 0) is 4.79 Å². The van der Waals surface area contributed by atoms with Gasteiger partial charge >= 0.3 is 5.97 Å². The average molecular weight is 463 g/mol. The molecule has 4 nitrogen and oxygen atoms in total. The summed E-state index contributed by atoms with van der Waals surface area (Å²) in [5.41, 5.74) is 2.23. The first-order valence-electron chi connectivity index (χ1n) is 13.8. The summed E-state index contributed by atoms with van der Waals surface area (Å²) in [5, 5.41) is 0. The van der Waals surface area contributed by atoms with Gasteiger partial charge in [0.2, 0.25) is 0 Å². The topological polar surface area (TPSA) is 52.1 Å². The number of nitrogens with zero attached hydrogens (tertiary/aromatic N) is 2. The Kier molecular flexibility index (Phi) is 9.12. The molecule has 2 saturated carbocycles. The Morgan fingerprint density at radius 2 is 1.44 bits per heavy atom. The van der Waals surface area contributed by atoms with Crippen molar-refractivity contribution in [3.05, 3.63) is 42.2 Å². The second kappa shape index (κ2) is 12.5. The molecule has 0 saturated heterocycles. The van der Waals surface area contributed by atoms with Crippen LogP contribution in [0, 0.1) is 17.8 Å². The normalized spacial score (nSPS) is 25.1. The van der Waals surface area contributed by atoms with E-state index in [2.05, 4.69) is 23.8 Å². The molecule has 2 aromatic rings. The first-order chi connectivity index (χ1) is 16.7. The summed E-state index contributed by atoms with van der Waals surface area (Å²) in [6.45, 7) is 4.53. The molecule has 0 amide bonds. The molecule has 4 heteroatoms. The quantitative estimate of drug-likeness (QED) is 0.279. The summed E-state index contributed by atoms with van der Waals surface area (Å²) < 4.78 is 5.71. The van der Waals surface area contributed by atoms with Crippen LogP contribution in [0.4, 0.5) is 0 Å². The molecule has 34 heavy (non-hydrogen) atoms. The maximum absolute atomic E-state index is 12.6. The van der Waals surface area contributed by atoms with Gasteiger partial charge in [-0.3, -0.25) is 4.79 Å². The smallest absolute Gasteiger partial charge is 0.314 e. The van der Waals surface area contributed by atoms with Crippen LogP contribution in [0.25, 0.3) is 11.4 Å². The molecule has 2 aliphatic carbocycles. The van der Waals surface area contributed by atoms with Gasteiger partial charge in [-0.25, -0.2) is 9.97 Å². The van der Waals surface area contributed by atoms with Gasteiger partial charge in [-0.2, -0.15) is 0 Å². The molecule has 2 fully saturated rings. The minimum absolute atomic E-state index is 0.0467. The Hall–Kier alpha value is -2.23. The zero-order chi connectivity index (χ0) is 23.8. The first-order valence-corrected chi connectivity index (χ1v) is 13.8. The van der Waals surface area contributed by atoms with Gasteiger partial charge in [-0.05, 0) is 98.9 Å². The van der Waals surface area contributed by atoms with Gasteiger partial charge in [0.1, 0.15) is 5.75 Å². The Morgan fingerprint density at radius 1 is 0.824 bits per heavy atom. The number of aromatic nitrogens is 2. The van der Waals surface area contributed by atoms with Gasteiger partial charge in [0.05, 0.1) is 5.92 Å². The third kappa shape index (κ3) is 6.67. The highest BCUT2D eigenvalue weighted by Gasteiger charge is 2.27. The number of carbonyl (C=O) groups is 1. The van der Waals surface area contributed by atoms with E-state index in [4.69, 9.17) is 4.74 Å². The lowest BCUT2D eigenvalue weighted by Crippen LogP contribution is -2.25. The summed E-state index contributed by atoms with van der Waals surface area (Å²) in [6.07, 6.45) is 20.0. The van der Waals surface area contributed by atoms with Crippen molar-refractivity contribution in [2.24, 2.45) is 17.8 Å². The predicted octanol–water partition coefficient (Wildman–Crippen LogP) is 8.12. The predicted molar refractivity (Wildman–Crippen MR) is 138 cm³/mol. The number of ether oxygens (including phenoxy) is 1. The van der Waals surface area contributed by atoms with Crippen molar-refractivity contribution in [2.75, 3.05) is 0 Å². The minimum Gasteiger partial charge on any atom is -0.426 e. The van der Waals surface area contributed by atoms with Crippen molar-refractivity contribution < 1.29 is 9.53 Å². The van der Waals surface area contributed by atoms with Crippen molar-refractivity contribution in [1.82, 2.24) is 9.97 Å². The highest BCUT2D eigenvalue weighted by molar-refractivity contribution is 5.75. The van der Waals surface area contributed by atoms with Crippen LogP contribution in [0.3, 0.4) is 0 Å². The molecule has 0 aliphatic heterocycles. The van der Waals surface area contributed by atoms with Crippen LogP contribution in [0.5, 0.6) is 5.75 Å². The summed E-state index contributed by atoms with van der Waals surface area (Å²) in [7, 11) is 0. The van der Waals surface area contributed by atoms with Crippen LogP contribution in [0.1, 0.15) is 109 Å². The zero-order valence-electron chi connectivity index (χ0n) is 21.2. The van der Waals surface area contributed by atoms with Crippen molar-refractivity contribution >= 4 is 5.97 Å². The van der Waals surface area contributed by atoms with Gasteiger partial charge in [0.25, 0.3) is 0 Å². The third-order valence-corrected chi connectivity index (χ3v) is 8.16. The van der Waals surface area contributed by atoms with E-state index in [1.54, 1.807) is 0 Å². The number of hydrogen-bond donors (Lipinski definition) is 0. The highest BCUT2D eigenvalue weighted by Crippen LogP contribution is 2.37. The molecule has 0 atom stereocenters. The standard InChI is InChI=1S/C30H42N2O2/c1-3-5-7-23-10-14-26(15-11-23)30(33)34-28-18-16-25(17-19-28)29-31-20-27(21-32-29)24-12-8-22(6-4-2)9-13-24/h16-24,26H,3-15H2,1-2H3/t22-,23?,24-,26?. The summed E-state index contributed by atoms with van der Waals surface area (Å²) in [6, 6.07) is 7.64. The molecule has 1 aromatic carbocycles. The highest BCUT2D eigenvalue weighted by atomic mass is 16.5. The molecule has 4 rings (SSSR count). The van der Waals surface area contributed by atoms with Gasteiger partial charge in [-0.15, -0.1) is 0 Å². The van der Waals surface area contributed by atoms with E-state index in [0.29, 0.717) is 11.7 Å². The van der Waals surface area contributed by atoms with E-state index < -0.39 is 0 Å². The molecule has 0 bridgehead atoms. The molecule has 1 heterocycles. The number of rotatable bonds is 9. The maximum Gasteiger partial charge on any atom is 0.314 e.